The van der Waals surface area contributed by atoms with Crippen molar-refractivity contribution in [3.8, 4) is 11.1 Å². The fourth-order valence-electron chi connectivity index (χ4n) is 6.26. The molecule has 0 saturated heterocycles. The van der Waals surface area contributed by atoms with Crippen molar-refractivity contribution in [3.05, 3.63) is 140 Å². The topological polar surface area (TPSA) is 55.3 Å². The van der Waals surface area contributed by atoms with Gasteiger partial charge in [0.1, 0.15) is 28.3 Å². The van der Waals surface area contributed by atoms with E-state index >= 15 is 0 Å². The molecule has 0 N–H and O–H groups in total. The Bertz CT molecular complexity index is 2480. The van der Waals surface area contributed by atoms with Crippen LogP contribution >= 0.6 is 0 Å². The summed E-state index contributed by atoms with van der Waals surface area (Å²) >= 11 is 0. The van der Waals surface area contributed by atoms with E-state index in [4.69, 9.17) is 18.8 Å². The molecule has 202 valence electrons. The molecule has 5 aromatic carbocycles. The summed E-state index contributed by atoms with van der Waals surface area (Å²) in [6.07, 6.45) is 5.54. The van der Waals surface area contributed by atoms with Crippen molar-refractivity contribution in [2.45, 2.75) is 0 Å². The molecular weight excluding hydrogens is 530 g/mol. The zero-order valence-corrected chi connectivity index (χ0v) is 22.9. The number of para-hydroxylation sites is 2. The third-order valence-corrected chi connectivity index (χ3v) is 8.18. The Morgan fingerprint density at radius 2 is 1.28 bits per heavy atom. The smallest absolute Gasteiger partial charge is 0.162 e. The van der Waals surface area contributed by atoms with Crippen LogP contribution in [0.25, 0.3) is 65.8 Å². The number of nitrogens with zero attached hydrogens (tertiary/aromatic N) is 3. The number of anilines is 3. The van der Waals surface area contributed by atoms with Crippen LogP contribution in [0.3, 0.4) is 0 Å². The molecule has 4 heterocycles. The summed E-state index contributed by atoms with van der Waals surface area (Å²) in [5.74, 6) is 0.742. The highest BCUT2D eigenvalue weighted by Crippen LogP contribution is 2.46. The Morgan fingerprint density at radius 3 is 2.14 bits per heavy atom. The molecule has 9 aromatic rings. The zero-order chi connectivity index (χ0) is 28.3. The first kappa shape index (κ1) is 23.7. The van der Waals surface area contributed by atoms with Gasteiger partial charge in [-0.25, -0.2) is 4.98 Å². The number of benzene rings is 5. The number of furan rings is 2. The van der Waals surface area contributed by atoms with Crippen LogP contribution in [0.4, 0.5) is 17.2 Å². The summed E-state index contributed by atoms with van der Waals surface area (Å²) in [5.41, 5.74) is 7.16. The van der Waals surface area contributed by atoms with Gasteiger partial charge in [0.05, 0.1) is 11.6 Å². The second-order valence-corrected chi connectivity index (χ2v) is 10.7. The Kier molecular flexibility index (Phi) is 5.13. The first-order valence-electron chi connectivity index (χ1n) is 14.2. The van der Waals surface area contributed by atoms with E-state index in [0.717, 1.165) is 77.6 Å². The fourth-order valence-corrected chi connectivity index (χ4v) is 6.26. The molecule has 0 aliphatic rings. The molecule has 0 aliphatic carbocycles. The lowest BCUT2D eigenvalue weighted by Crippen LogP contribution is -2.13. The molecule has 0 radical (unpaired) electrons. The van der Waals surface area contributed by atoms with Gasteiger partial charge in [0.25, 0.3) is 0 Å². The summed E-state index contributed by atoms with van der Waals surface area (Å²) in [5, 5.41) is 6.21. The Labute approximate surface area is 246 Å². The summed E-state index contributed by atoms with van der Waals surface area (Å²) in [6, 6.07) is 41.6. The molecule has 0 unspecified atom stereocenters. The molecule has 9 rings (SSSR count). The molecule has 0 bridgehead atoms. The van der Waals surface area contributed by atoms with E-state index in [1.54, 1.807) is 6.20 Å². The van der Waals surface area contributed by atoms with Gasteiger partial charge in [-0.2, -0.15) is 0 Å². The zero-order valence-electron chi connectivity index (χ0n) is 22.9. The lowest BCUT2D eigenvalue weighted by atomic mass is 9.97. The number of hydrogen-bond acceptors (Lipinski definition) is 5. The van der Waals surface area contributed by atoms with E-state index in [-0.39, 0.29) is 0 Å². The second-order valence-electron chi connectivity index (χ2n) is 10.7. The minimum Gasteiger partial charge on any atom is -0.456 e. The number of pyridine rings is 2. The first-order valence-corrected chi connectivity index (χ1v) is 14.2. The van der Waals surface area contributed by atoms with Crippen molar-refractivity contribution in [2.75, 3.05) is 4.90 Å². The number of fused-ring (bicyclic) bond motifs is 7. The largest absolute Gasteiger partial charge is 0.456 e. The molecule has 4 aromatic heterocycles. The highest BCUT2D eigenvalue weighted by Gasteiger charge is 2.25. The van der Waals surface area contributed by atoms with Crippen LogP contribution in [-0.2, 0) is 0 Å². The third-order valence-electron chi connectivity index (χ3n) is 8.18. The van der Waals surface area contributed by atoms with Crippen LogP contribution in [0.5, 0.6) is 0 Å². The summed E-state index contributed by atoms with van der Waals surface area (Å²) in [7, 11) is 0. The third kappa shape index (κ3) is 3.65. The number of hydrogen-bond donors (Lipinski definition) is 0. The Balaban J connectivity index is 1.42. The molecule has 0 amide bonds. The predicted octanol–water partition coefficient (Wildman–Crippen LogP) is 10.6. The van der Waals surface area contributed by atoms with Crippen LogP contribution in [0.15, 0.2) is 149 Å². The molecule has 0 saturated carbocycles. The summed E-state index contributed by atoms with van der Waals surface area (Å²) < 4.78 is 12.9. The standard InChI is InChI=1S/C38H23N3O2/c1-2-10-24(11-3-1)30-21-26(20-25-12-4-5-13-27(25)30)41(32-23-39-22-31-28-14-6-8-16-33(28)43-37(31)32)38-36-29-15-7-9-17-34(29)42-35(36)18-19-40-38/h1-23H. The lowest BCUT2D eigenvalue weighted by Gasteiger charge is -2.26. The van der Waals surface area contributed by atoms with Crippen molar-refractivity contribution in [1.29, 1.82) is 0 Å². The SMILES string of the molecule is c1ccc(-c2cc(N(c3cncc4c3oc3ccccc34)c3nccc4oc5ccccc5c34)cc3ccccc23)cc1. The maximum absolute atomic E-state index is 6.56. The van der Waals surface area contributed by atoms with Gasteiger partial charge in [-0.1, -0.05) is 91.0 Å². The van der Waals surface area contributed by atoms with Crippen LogP contribution in [0.2, 0.25) is 0 Å². The van der Waals surface area contributed by atoms with Gasteiger partial charge in [0, 0.05) is 34.2 Å². The summed E-state index contributed by atoms with van der Waals surface area (Å²) in [4.78, 5) is 11.9. The normalized spacial score (nSPS) is 11.7. The van der Waals surface area contributed by atoms with Crippen molar-refractivity contribution in [1.82, 2.24) is 9.97 Å². The Morgan fingerprint density at radius 1 is 0.558 bits per heavy atom. The molecular formula is C38H23N3O2. The van der Waals surface area contributed by atoms with Crippen LogP contribution < -0.4 is 4.90 Å². The van der Waals surface area contributed by atoms with E-state index in [1.807, 2.05) is 60.9 Å². The molecule has 0 aliphatic heterocycles. The van der Waals surface area contributed by atoms with Crippen LogP contribution in [0, 0.1) is 0 Å². The van der Waals surface area contributed by atoms with Gasteiger partial charge < -0.3 is 8.83 Å². The van der Waals surface area contributed by atoms with Gasteiger partial charge in [-0.15, -0.1) is 0 Å². The fraction of sp³-hybridized carbons (Fsp3) is 0. The van der Waals surface area contributed by atoms with E-state index < -0.39 is 0 Å². The van der Waals surface area contributed by atoms with Crippen molar-refractivity contribution >= 4 is 71.8 Å². The number of rotatable bonds is 4. The average Bonchev–Trinajstić information content (AvgIpc) is 3.64. The molecule has 0 fully saturated rings. The van der Waals surface area contributed by atoms with Gasteiger partial charge >= 0.3 is 0 Å². The molecule has 43 heavy (non-hydrogen) atoms. The summed E-state index contributed by atoms with van der Waals surface area (Å²) in [6.45, 7) is 0. The molecule has 5 heteroatoms. The Hall–Kier alpha value is -5.94. The quantitative estimate of drug-likeness (QED) is 0.217. The second kappa shape index (κ2) is 9.29. The lowest BCUT2D eigenvalue weighted by molar-refractivity contribution is 0.667. The highest BCUT2D eigenvalue weighted by atomic mass is 16.3. The van der Waals surface area contributed by atoms with E-state index in [0.29, 0.717) is 0 Å². The maximum atomic E-state index is 6.56. The average molecular weight is 554 g/mol. The molecule has 0 spiro atoms. The van der Waals surface area contributed by atoms with Crippen LogP contribution in [0.1, 0.15) is 0 Å². The molecule has 0 atom stereocenters. The monoisotopic (exact) mass is 553 g/mol. The van der Waals surface area contributed by atoms with Gasteiger partial charge in [0.15, 0.2) is 5.58 Å². The maximum Gasteiger partial charge on any atom is 0.162 e. The highest BCUT2D eigenvalue weighted by molar-refractivity contribution is 6.15. The minimum atomic E-state index is 0.742. The van der Waals surface area contributed by atoms with Crippen molar-refractivity contribution < 1.29 is 8.83 Å². The molecule has 5 nitrogen and oxygen atoms in total. The first-order chi connectivity index (χ1) is 21.3. The van der Waals surface area contributed by atoms with Crippen molar-refractivity contribution in [3.63, 3.8) is 0 Å². The minimum absolute atomic E-state index is 0.742. The van der Waals surface area contributed by atoms with Crippen LogP contribution in [-0.4, -0.2) is 9.97 Å². The van der Waals surface area contributed by atoms with Crippen molar-refractivity contribution in [2.24, 2.45) is 0 Å². The van der Waals surface area contributed by atoms with E-state index in [2.05, 4.69) is 77.7 Å². The van der Waals surface area contributed by atoms with Gasteiger partial charge in [-0.3, -0.25) is 9.88 Å². The van der Waals surface area contributed by atoms with Gasteiger partial charge in [-0.05, 0) is 52.2 Å². The van der Waals surface area contributed by atoms with E-state index in [9.17, 15) is 0 Å². The number of aromatic nitrogens is 2. The predicted molar refractivity (Wildman–Crippen MR) is 174 cm³/mol. The van der Waals surface area contributed by atoms with E-state index in [1.165, 1.54) is 5.39 Å². The van der Waals surface area contributed by atoms with Gasteiger partial charge in [0.2, 0.25) is 0 Å².